The van der Waals surface area contributed by atoms with Gasteiger partial charge in [-0.2, -0.15) is 9.50 Å². The van der Waals surface area contributed by atoms with Gasteiger partial charge in [0.05, 0.1) is 16.6 Å². The Hall–Kier alpha value is -2.67. The number of benzene rings is 1. The van der Waals surface area contributed by atoms with Gasteiger partial charge in [-0.3, -0.25) is 9.36 Å². The first kappa shape index (κ1) is 14.0. The molecule has 4 aromatic rings. The van der Waals surface area contributed by atoms with Crippen molar-refractivity contribution in [2.45, 2.75) is 12.1 Å². The van der Waals surface area contributed by atoms with Crippen LogP contribution in [0.25, 0.3) is 22.4 Å². The smallest absolute Gasteiger partial charge is 0.266 e. The van der Waals surface area contributed by atoms with Gasteiger partial charge in [-0.25, -0.2) is 4.98 Å². The standard InChI is InChI=1S/C16H13N5OS/c1-10-13-12(21-15(17-10)18-16(19-21)23-2)8-9-20(14(13)22)11-6-4-3-5-7-11/h3-9H,1-2H3. The number of pyridine rings is 1. The number of fused-ring (bicyclic) bond motifs is 3. The molecule has 0 atom stereocenters. The Labute approximate surface area is 135 Å². The molecule has 0 N–H and O–H groups in total. The van der Waals surface area contributed by atoms with E-state index in [2.05, 4.69) is 15.1 Å². The largest absolute Gasteiger partial charge is 0.284 e. The zero-order valence-corrected chi connectivity index (χ0v) is 13.4. The van der Waals surface area contributed by atoms with Crippen molar-refractivity contribution in [3.8, 4) is 5.69 Å². The fourth-order valence-corrected chi connectivity index (χ4v) is 2.98. The average molecular weight is 323 g/mol. The third kappa shape index (κ3) is 2.12. The molecule has 6 nitrogen and oxygen atoms in total. The lowest BCUT2D eigenvalue weighted by Crippen LogP contribution is -2.20. The van der Waals surface area contributed by atoms with Crippen LogP contribution in [0.4, 0.5) is 0 Å². The number of hydrogen-bond acceptors (Lipinski definition) is 5. The van der Waals surface area contributed by atoms with Crippen LogP contribution in [-0.4, -0.2) is 30.4 Å². The predicted octanol–water partition coefficient (Wildman–Crippen LogP) is 2.46. The van der Waals surface area contributed by atoms with E-state index >= 15 is 0 Å². The van der Waals surface area contributed by atoms with Crippen molar-refractivity contribution in [3.05, 3.63) is 58.6 Å². The van der Waals surface area contributed by atoms with Crippen LogP contribution in [0.3, 0.4) is 0 Å². The lowest BCUT2D eigenvalue weighted by atomic mass is 10.2. The number of thioether (sulfide) groups is 1. The molecule has 4 rings (SSSR count). The second-order valence-electron chi connectivity index (χ2n) is 5.09. The van der Waals surface area contributed by atoms with E-state index in [1.165, 1.54) is 11.8 Å². The number of para-hydroxylation sites is 1. The Morgan fingerprint density at radius 2 is 1.87 bits per heavy atom. The highest BCUT2D eigenvalue weighted by atomic mass is 32.2. The van der Waals surface area contributed by atoms with Gasteiger partial charge in [0.2, 0.25) is 5.16 Å². The molecule has 1 aromatic carbocycles. The molecule has 0 aliphatic carbocycles. The van der Waals surface area contributed by atoms with Crippen LogP contribution in [-0.2, 0) is 0 Å². The number of nitrogens with zero attached hydrogens (tertiary/aromatic N) is 5. The summed E-state index contributed by atoms with van der Waals surface area (Å²) in [4.78, 5) is 21.7. The number of aromatic nitrogens is 5. The third-order valence-corrected chi connectivity index (χ3v) is 4.25. The molecule has 3 heterocycles. The molecule has 0 fully saturated rings. The highest BCUT2D eigenvalue weighted by Gasteiger charge is 2.14. The van der Waals surface area contributed by atoms with E-state index in [-0.39, 0.29) is 5.56 Å². The fourth-order valence-electron chi connectivity index (χ4n) is 2.65. The lowest BCUT2D eigenvalue weighted by molar-refractivity contribution is 0.901. The zero-order valence-electron chi connectivity index (χ0n) is 12.6. The van der Waals surface area contributed by atoms with Gasteiger partial charge in [-0.1, -0.05) is 30.0 Å². The summed E-state index contributed by atoms with van der Waals surface area (Å²) in [5.41, 5.74) is 2.09. The molecule has 0 aliphatic rings. The van der Waals surface area contributed by atoms with Crippen LogP contribution in [0, 0.1) is 6.92 Å². The number of hydrogen-bond donors (Lipinski definition) is 0. The first-order chi connectivity index (χ1) is 11.2. The lowest BCUT2D eigenvalue weighted by Gasteiger charge is -2.09. The van der Waals surface area contributed by atoms with E-state index in [0.717, 1.165) is 11.2 Å². The molecule has 7 heteroatoms. The molecule has 23 heavy (non-hydrogen) atoms. The monoisotopic (exact) mass is 323 g/mol. The molecule has 0 aliphatic heterocycles. The van der Waals surface area contributed by atoms with Crippen LogP contribution in [0.1, 0.15) is 5.69 Å². The second kappa shape index (κ2) is 5.20. The van der Waals surface area contributed by atoms with Crippen molar-refractivity contribution in [1.29, 1.82) is 0 Å². The first-order valence-corrected chi connectivity index (χ1v) is 8.29. The van der Waals surface area contributed by atoms with Crippen molar-refractivity contribution in [2.24, 2.45) is 0 Å². The Morgan fingerprint density at radius 3 is 2.61 bits per heavy atom. The Bertz CT molecular complexity index is 1080. The molecule has 0 bridgehead atoms. The van der Waals surface area contributed by atoms with Crippen molar-refractivity contribution < 1.29 is 0 Å². The topological polar surface area (TPSA) is 65.1 Å². The van der Waals surface area contributed by atoms with Crippen molar-refractivity contribution in [1.82, 2.24) is 24.1 Å². The highest BCUT2D eigenvalue weighted by Crippen LogP contribution is 2.18. The Morgan fingerprint density at radius 1 is 1.09 bits per heavy atom. The van der Waals surface area contributed by atoms with Crippen molar-refractivity contribution >= 4 is 28.4 Å². The van der Waals surface area contributed by atoms with Crippen LogP contribution in [0.2, 0.25) is 0 Å². The van der Waals surface area contributed by atoms with Gasteiger partial charge in [-0.15, -0.1) is 5.10 Å². The summed E-state index contributed by atoms with van der Waals surface area (Å²) < 4.78 is 3.25. The van der Waals surface area contributed by atoms with Gasteiger partial charge in [-0.05, 0) is 31.4 Å². The van der Waals surface area contributed by atoms with Gasteiger partial charge in [0.15, 0.2) is 0 Å². The van der Waals surface area contributed by atoms with E-state index in [1.807, 2.05) is 49.6 Å². The molecule has 0 unspecified atom stereocenters. The normalized spacial score (nSPS) is 11.4. The van der Waals surface area contributed by atoms with E-state index in [0.29, 0.717) is 22.0 Å². The molecular formula is C16H13N5OS. The van der Waals surface area contributed by atoms with Crippen LogP contribution < -0.4 is 5.56 Å². The summed E-state index contributed by atoms with van der Waals surface area (Å²) >= 11 is 1.45. The fraction of sp³-hybridized carbons (Fsp3) is 0.125. The van der Waals surface area contributed by atoms with Crippen molar-refractivity contribution in [3.63, 3.8) is 0 Å². The second-order valence-corrected chi connectivity index (χ2v) is 5.87. The molecule has 0 saturated carbocycles. The quantitative estimate of drug-likeness (QED) is 0.530. The van der Waals surface area contributed by atoms with Crippen LogP contribution >= 0.6 is 11.8 Å². The van der Waals surface area contributed by atoms with E-state index < -0.39 is 0 Å². The van der Waals surface area contributed by atoms with Gasteiger partial charge < -0.3 is 0 Å². The molecule has 114 valence electrons. The minimum absolute atomic E-state index is 0.109. The van der Waals surface area contributed by atoms with Crippen LogP contribution in [0.15, 0.2) is 52.5 Å². The zero-order chi connectivity index (χ0) is 16.0. The summed E-state index contributed by atoms with van der Waals surface area (Å²) in [5.74, 6) is 0.510. The van der Waals surface area contributed by atoms with E-state index in [1.54, 1.807) is 15.3 Å². The highest BCUT2D eigenvalue weighted by molar-refractivity contribution is 7.98. The predicted molar refractivity (Wildman–Crippen MR) is 90.4 cm³/mol. The molecule has 0 amide bonds. The summed E-state index contributed by atoms with van der Waals surface area (Å²) in [5, 5.41) is 5.59. The third-order valence-electron chi connectivity index (χ3n) is 3.72. The van der Waals surface area contributed by atoms with E-state index in [4.69, 9.17) is 0 Å². The number of rotatable bonds is 2. The maximum Gasteiger partial charge on any atom is 0.266 e. The summed E-state index contributed by atoms with van der Waals surface area (Å²) in [6.45, 7) is 1.83. The Kier molecular flexibility index (Phi) is 3.16. The molecular weight excluding hydrogens is 310 g/mol. The minimum Gasteiger partial charge on any atom is -0.284 e. The summed E-state index contributed by atoms with van der Waals surface area (Å²) in [7, 11) is 0. The minimum atomic E-state index is -0.109. The SMILES string of the molecule is CSc1nc2nc(C)c3c(=O)n(-c4ccccc4)ccc3n2n1. The van der Waals surface area contributed by atoms with Crippen LogP contribution in [0.5, 0.6) is 0 Å². The van der Waals surface area contributed by atoms with E-state index in [9.17, 15) is 4.79 Å². The average Bonchev–Trinajstić information content (AvgIpc) is 2.99. The van der Waals surface area contributed by atoms with Gasteiger partial charge >= 0.3 is 0 Å². The summed E-state index contributed by atoms with van der Waals surface area (Å²) in [6, 6.07) is 11.4. The molecule has 0 spiro atoms. The molecule has 0 saturated heterocycles. The van der Waals surface area contributed by atoms with Gasteiger partial charge in [0.1, 0.15) is 0 Å². The maximum absolute atomic E-state index is 12.9. The Balaban J connectivity index is 2.10. The molecule has 0 radical (unpaired) electrons. The van der Waals surface area contributed by atoms with Crippen molar-refractivity contribution in [2.75, 3.05) is 6.26 Å². The summed E-state index contributed by atoms with van der Waals surface area (Å²) in [6.07, 6.45) is 3.67. The molecule has 3 aromatic heterocycles. The maximum atomic E-state index is 12.9. The van der Waals surface area contributed by atoms with Gasteiger partial charge in [0.25, 0.3) is 11.3 Å². The first-order valence-electron chi connectivity index (χ1n) is 7.07. The van der Waals surface area contributed by atoms with Gasteiger partial charge in [0, 0.05) is 11.9 Å². The number of aryl methyl sites for hydroxylation is 1.